The van der Waals surface area contributed by atoms with Gasteiger partial charge in [0, 0.05) is 11.9 Å². The van der Waals surface area contributed by atoms with Crippen molar-refractivity contribution < 1.29 is 9.53 Å². The van der Waals surface area contributed by atoms with Crippen molar-refractivity contribution in [3.63, 3.8) is 0 Å². The number of hydrogen-bond donors (Lipinski definition) is 0. The van der Waals surface area contributed by atoms with E-state index in [1.54, 1.807) is 5.38 Å². The number of carbonyl (C=O) groups is 1. The molecule has 6 heteroatoms. The summed E-state index contributed by atoms with van der Waals surface area (Å²) in [5.74, 6) is -0.126. The van der Waals surface area contributed by atoms with Crippen LogP contribution in [0.1, 0.15) is 23.8 Å². The number of halogens is 1. The molecule has 0 N–H and O–H groups in total. The van der Waals surface area contributed by atoms with Gasteiger partial charge in [0.1, 0.15) is 5.69 Å². The van der Waals surface area contributed by atoms with Crippen LogP contribution in [0, 0.1) is 0 Å². The summed E-state index contributed by atoms with van der Waals surface area (Å²) in [6.45, 7) is 4.41. The van der Waals surface area contributed by atoms with Crippen molar-refractivity contribution in [3.05, 3.63) is 11.1 Å². The van der Waals surface area contributed by atoms with Crippen molar-refractivity contribution in [3.8, 4) is 0 Å². The van der Waals surface area contributed by atoms with Crippen LogP contribution < -0.4 is 4.90 Å². The maximum absolute atomic E-state index is 11.4. The van der Waals surface area contributed by atoms with Crippen LogP contribution in [-0.4, -0.2) is 42.4 Å². The highest BCUT2D eigenvalue weighted by atomic mass is 35.5. The molecular weight excluding hydrogens is 260 g/mol. The molecule has 1 atom stereocenters. The molecule has 0 aromatic carbocycles. The predicted octanol–water partition coefficient (Wildman–Crippen LogP) is 2.18. The lowest BCUT2D eigenvalue weighted by molar-refractivity contribution is 0.0929. The van der Waals surface area contributed by atoms with Gasteiger partial charge in [0.05, 0.1) is 25.1 Å². The Morgan fingerprint density at radius 3 is 3.29 bits per heavy atom. The Morgan fingerprint density at radius 1 is 1.76 bits per heavy atom. The molecule has 0 radical (unpaired) electrons. The average Bonchev–Trinajstić information content (AvgIpc) is 2.87. The number of morpholine rings is 1. The molecule has 4 nitrogen and oxygen atoms in total. The van der Waals surface area contributed by atoms with E-state index in [1.807, 2.05) is 0 Å². The molecule has 2 rings (SSSR count). The number of rotatable bonds is 4. The van der Waals surface area contributed by atoms with Gasteiger partial charge in [-0.05, 0) is 6.42 Å². The SMILES string of the molecule is CCC1COCCN1c1nc(C(=O)CCl)cs1. The summed E-state index contributed by atoms with van der Waals surface area (Å²) in [5.41, 5.74) is 0.473. The maximum atomic E-state index is 11.4. The molecule has 1 fully saturated rings. The number of anilines is 1. The summed E-state index contributed by atoms with van der Waals surface area (Å²) in [7, 11) is 0. The van der Waals surface area contributed by atoms with E-state index < -0.39 is 0 Å². The first-order valence-corrected chi connectivity index (χ1v) is 7.06. The van der Waals surface area contributed by atoms with Crippen LogP contribution in [0.5, 0.6) is 0 Å². The van der Waals surface area contributed by atoms with Gasteiger partial charge in [-0.15, -0.1) is 22.9 Å². The second kappa shape index (κ2) is 5.80. The van der Waals surface area contributed by atoms with Crippen LogP contribution in [0.3, 0.4) is 0 Å². The van der Waals surface area contributed by atoms with Crippen LogP contribution in [-0.2, 0) is 4.74 Å². The summed E-state index contributed by atoms with van der Waals surface area (Å²) in [4.78, 5) is 18.0. The van der Waals surface area contributed by atoms with Crippen molar-refractivity contribution in [2.45, 2.75) is 19.4 Å². The third kappa shape index (κ3) is 2.78. The van der Waals surface area contributed by atoms with Gasteiger partial charge in [-0.2, -0.15) is 0 Å². The zero-order valence-corrected chi connectivity index (χ0v) is 11.3. The van der Waals surface area contributed by atoms with Gasteiger partial charge >= 0.3 is 0 Å². The molecule has 17 heavy (non-hydrogen) atoms. The highest BCUT2D eigenvalue weighted by Crippen LogP contribution is 2.25. The Labute approximate surface area is 110 Å². The van der Waals surface area contributed by atoms with Gasteiger partial charge in [0.2, 0.25) is 0 Å². The first-order chi connectivity index (χ1) is 8.26. The van der Waals surface area contributed by atoms with Crippen molar-refractivity contribution in [2.24, 2.45) is 0 Å². The molecule has 1 aliphatic rings. The van der Waals surface area contributed by atoms with E-state index in [-0.39, 0.29) is 11.7 Å². The van der Waals surface area contributed by atoms with Gasteiger partial charge in [0.15, 0.2) is 10.9 Å². The highest BCUT2D eigenvalue weighted by Gasteiger charge is 2.24. The fraction of sp³-hybridized carbons (Fsp3) is 0.636. The minimum atomic E-state index is -0.115. The van der Waals surface area contributed by atoms with Gasteiger partial charge in [0.25, 0.3) is 0 Å². The molecule has 1 aromatic rings. The van der Waals surface area contributed by atoms with E-state index in [1.165, 1.54) is 11.3 Å². The smallest absolute Gasteiger partial charge is 0.196 e. The number of ether oxygens (including phenoxy) is 1. The largest absolute Gasteiger partial charge is 0.377 e. The molecular formula is C11H15ClN2O2S. The van der Waals surface area contributed by atoms with Gasteiger partial charge < -0.3 is 9.64 Å². The fourth-order valence-corrected chi connectivity index (χ4v) is 2.90. The second-order valence-electron chi connectivity index (χ2n) is 3.90. The summed E-state index contributed by atoms with van der Waals surface area (Å²) in [5, 5.41) is 2.68. The van der Waals surface area contributed by atoms with Gasteiger partial charge in [-0.25, -0.2) is 4.98 Å². The van der Waals surface area contributed by atoms with E-state index in [2.05, 4.69) is 16.8 Å². The number of alkyl halides is 1. The monoisotopic (exact) mass is 274 g/mol. The molecule has 1 aromatic heterocycles. The zero-order chi connectivity index (χ0) is 12.3. The van der Waals surface area contributed by atoms with Crippen LogP contribution in [0.15, 0.2) is 5.38 Å². The Bertz CT molecular complexity index is 397. The maximum Gasteiger partial charge on any atom is 0.196 e. The minimum Gasteiger partial charge on any atom is -0.377 e. The second-order valence-corrected chi connectivity index (χ2v) is 5.01. The molecule has 1 saturated heterocycles. The molecule has 2 heterocycles. The zero-order valence-electron chi connectivity index (χ0n) is 9.69. The number of carbonyl (C=O) groups excluding carboxylic acids is 1. The molecule has 0 bridgehead atoms. The van der Waals surface area contributed by atoms with E-state index in [4.69, 9.17) is 16.3 Å². The molecule has 0 amide bonds. The first kappa shape index (κ1) is 12.8. The van der Waals surface area contributed by atoms with Crippen molar-refractivity contribution in [1.29, 1.82) is 0 Å². The number of ketones is 1. The number of nitrogens with zero attached hydrogens (tertiary/aromatic N) is 2. The fourth-order valence-electron chi connectivity index (χ4n) is 1.84. The number of Topliss-reactive ketones (excluding diaryl/α,β-unsaturated/α-hetero) is 1. The number of thiazole rings is 1. The lowest BCUT2D eigenvalue weighted by Gasteiger charge is -2.34. The molecule has 94 valence electrons. The topological polar surface area (TPSA) is 42.4 Å². The third-order valence-corrected chi connectivity index (χ3v) is 3.96. The molecule has 1 unspecified atom stereocenters. The highest BCUT2D eigenvalue weighted by molar-refractivity contribution is 7.14. The van der Waals surface area contributed by atoms with Crippen LogP contribution in [0.25, 0.3) is 0 Å². The number of aromatic nitrogens is 1. The molecule has 1 aliphatic heterocycles. The van der Waals surface area contributed by atoms with Crippen molar-refractivity contribution in [1.82, 2.24) is 4.98 Å². The Kier molecular flexibility index (Phi) is 4.36. The Morgan fingerprint density at radius 2 is 2.59 bits per heavy atom. The minimum absolute atomic E-state index is 0.0104. The number of hydrogen-bond acceptors (Lipinski definition) is 5. The Hall–Kier alpha value is -0.650. The standard InChI is InChI=1S/C11H15ClN2O2S/c1-2-8-6-16-4-3-14(8)11-13-9(7-17-11)10(15)5-12/h7-8H,2-6H2,1H3. The van der Waals surface area contributed by atoms with E-state index >= 15 is 0 Å². The van der Waals surface area contributed by atoms with E-state index in [9.17, 15) is 4.79 Å². The van der Waals surface area contributed by atoms with Gasteiger partial charge in [-0.3, -0.25) is 4.79 Å². The van der Waals surface area contributed by atoms with E-state index in [0.29, 0.717) is 11.7 Å². The Balaban J connectivity index is 2.15. The van der Waals surface area contributed by atoms with Crippen molar-refractivity contribution in [2.75, 3.05) is 30.5 Å². The molecule has 0 saturated carbocycles. The average molecular weight is 275 g/mol. The van der Waals surface area contributed by atoms with E-state index in [0.717, 1.165) is 31.3 Å². The lowest BCUT2D eigenvalue weighted by atomic mass is 10.2. The van der Waals surface area contributed by atoms with Crippen LogP contribution in [0.2, 0.25) is 0 Å². The predicted molar refractivity (Wildman–Crippen MR) is 69.4 cm³/mol. The van der Waals surface area contributed by atoms with Crippen molar-refractivity contribution >= 4 is 33.9 Å². The quantitative estimate of drug-likeness (QED) is 0.623. The summed E-state index contributed by atoms with van der Waals surface area (Å²) in [6.07, 6.45) is 1.01. The molecule has 0 aliphatic carbocycles. The van der Waals surface area contributed by atoms with Crippen LogP contribution in [0.4, 0.5) is 5.13 Å². The normalized spacial score (nSPS) is 20.6. The summed E-state index contributed by atoms with van der Waals surface area (Å²) < 4.78 is 5.45. The summed E-state index contributed by atoms with van der Waals surface area (Å²) in [6, 6.07) is 0.355. The van der Waals surface area contributed by atoms with Gasteiger partial charge in [-0.1, -0.05) is 6.92 Å². The first-order valence-electron chi connectivity index (χ1n) is 5.65. The summed E-state index contributed by atoms with van der Waals surface area (Å²) >= 11 is 7.02. The van der Waals surface area contributed by atoms with Crippen LogP contribution >= 0.6 is 22.9 Å². The third-order valence-electron chi connectivity index (χ3n) is 2.84. The molecule has 0 spiro atoms. The lowest BCUT2D eigenvalue weighted by Crippen LogP contribution is -2.45.